The number of nitrogens with zero attached hydrogens (tertiary/aromatic N) is 3. The van der Waals surface area contributed by atoms with Crippen LogP contribution in [0, 0.1) is 6.92 Å². The van der Waals surface area contributed by atoms with Gasteiger partial charge in [-0.1, -0.05) is 16.8 Å². The molecule has 0 bridgehead atoms. The molecule has 0 spiro atoms. The van der Waals surface area contributed by atoms with Crippen LogP contribution in [0.3, 0.4) is 0 Å². The molecule has 3 aromatic rings. The standard InChI is InChI=1S/C17H16ClN3O5S/c1-4-21-14(22)8-11(19-21)17(23)10-5-6-13(27(3,24)25)15(16(10)18)12-7-9(2)20-26-12/h5-8,22H,4H2,1-3H3. The molecule has 0 aliphatic carbocycles. The van der Waals surface area contributed by atoms with Crippen molar-refractivity contribution < 1.29 is 22.8 Å². The van der Waals surface area contributed by atoms with Gasteiger partial charge in [-0.15, -0.1) is 0 Å². The molecule has 3 rings (SSSR count). The van der Waals surface area contributed by atoms with Gasteiger partial charge in [0.15, 0.2) is 15.6 Å². The third-order valence-electron chi connectivity index (χ3n) is 3.91. The monoisotopic (exact) mass is 409 g/mol. The molecule has 27 heavy (non-hydrogen) atoms. The van der Waals surface area contributed by atoms with E-state index in [1.165, 1.54) is 28.9 Å². The maximum Gasteiger partial charge on any atom is 0.214 e. The maximum absolute atomic E-state index is 12.8. The highest BCUT2D eigenvalue weighted by molar-refractivity contribution is 7.90. The second-order valence-electron chi connectivity index (χ2n) is 5.94. The molecule has 0 atom stereocenters. The summed E-state index contributed by atoms with van der Waals surface area (Å²) in [6, 6.07) is 5.36. The Bertz CT molecular complexity index is 1150. The number of aryl methyl sites for hydroxylation is 2. The van der Waals surface area contributed by atoms with Crippen molar-refractivity contribution in [2.24, 2.45) is 0 Å². The zero-order chi connectivity index (χ0) is 19.9. The third kappa shape index (κ3) is 3.47. The zero-order valence-electron chi connectivity index (χ0n) is 14.7. The molecular formula is C17H16ClN3O5S. The molecule has 8 nitrogen and oxygen atoms in total. The van der Waals surface area contributed by atoms with E-state index in [-0.39, 0.29) is 38.4 Å². The van der Waals surface area contributed by atoms with Gasteiger partial charge in [-0.3, -0.25) is 4.79 Å². The summed E-state index contributed by atoms with van der Waals surface area (Å²) in [6.07, 6.45) is 1.04. The highest BCUT2D eigenvalue weighted by atomic mass is 35.5. The van der Waals surface area contributed by atoms with Gasteiger partial charge in [0, 0.05) is 30.5 Å². The van der Waals surface area contributed by atoms with Crippen LogP contribution >= 0.6 is 11.6 Å². The van der Waals surface area contributed by atoms with Gasteiger partial charge < -0.3 is 9.63 Å². The van der Waals surface area contributed by atoms with E-state index in [4.69, 9.17) is 16.1 Å². The second kappa shape index (κ2) is 6.82. The van der Waals surface area contributed by atoms with Crippen molar-refractivity contribution in [1.82, 2.24) is 14.9 Å². The van der Waals surface area contributed by atoms with Crippen LogP contribution in [0.4, 0.5) is 0 Å². The van der Waals surface area contributed by atoms with Gasteiger partial charge >= 0.3 is 0 Å². The maximum atomic E-state index is 12.8. The van der Waals surface area contributed by atoms with E-state index in [0.29, 0.717) is 12.2 Å². The first kappa shape index (κ1) is 19.1. The minimum atomic E-state index is -3.65. The van der Waals surface area contributed by atoms with E-state index in [1.807, 2.05) is 0 Å². The molecule has 2 aromatic heterocycles. The highest BCUT2D eigenvalue weighted by Gasteiger charge is 2.27. The minimum absolute atomic E-state index is 0.0111. The number of benzene rings is 1. The molecule has 1 N–H and O–H groups in total. The average Bonchev–Trinajstić information content (AvgIpc) is 3.18. The Hall–Kier alpha value is -2.65. The van der Waals surface area contributed by atoms with Crippen molar-refractivity contribution in [3.63, 3.8) is 0 Å². The molecule has 142 valence electrons. The molecule has 0 radical (unpaired) electrons. The molecule has 0 aliphatic heterocycles. The van der Waals surface area contributed by atoms with Crippen LogP contribution in [0.5, 0.6) is 5.88 Å². The SMILES string of the molecule is CCn1nc(C(=O)c2ccc(S(C)(=O)=O)c(-c3cc(C)no3)c2Cl)cc1O. The summed E-state index contributed by atoms with van der Waals surface area (Å²) >= 11 is 6.42. The van der Waals surface area contributed by atoms with Crippen LogP contribution in [0.2, 0.25) is 5.02 Å². The van der Waals surface area contributed by atoms with Gasteiger partial charge in [0.2, 0.25) is 11.7 Å². The van der Waals surface area contributed by atoms with E-state index in [0.717, 1.165) is 6.26 Å². The van der Waals surface area contributed by atoms with Gasteiger partial charge in [0.05, 0.1) is 21.2 Å². The predicted octanol–water partition coefficient (Wildman–Crippen LogP) is 2.86. The van der Waals surface area contributed by atoms with Crippen molar-refractivity contribution in [3.8, 4) is 17.2 Å². The Balaban J connectivity index is 2.22. The van der Waals surface area contributed by atoms with Crippen molar-refractivity contribution in [1.29, 1.82) is 0 Å². The molecular weight excluding hydrogens is 394 g/mol. The van der Waals surface area contributed by atoms with Crippen LogP contribution < -0.4 is 0 Å². The Labute approximate surface area is 160 Å². The summed E-state index contributed by atoms with van der Waals surface area (Å²) in [7, 11) is -3.65. The van der Waals surface area contributed by atoms with Crippen molar-refractivity contribution in [3.05, 3.63) is 46.2 Å². The molecule has 0 aliphatic rings. The van der Waals surface area contributed by atoms with E-state index in [9.17, 15) is 18.3 Å². The molecule has 0 amide bonds. The Morgan fingerprint density at radius 1 is 1.33 bits per heavy atom. The molecule has 0 saturated carbocycles. The zero-order valence-corrected chi connectivity index (χ0v) is 16.3. The lowest BCUT2D eigenvalue weighted by Crippen LogP contribution is -2.08. The third-order valence-corrected chi connectivity index (χ3v) is 5.44. The first-order valence-corrected chi connectivity index (χ1v) is 10.2. The minimum Gasteiger partial charge on any atom is -0.493 e. The topological polar surface area (TPSA) is 115 Å². The summed E-state index contributed by atoms with van der Waals surface area (Å²) in [5.41, 5.74) is 0.616. The van der Waals surface area contributed by atoms with E-state index in [2.05, 4.69) is 10.3 Å². The van der Waals surface area contributed by atoms with Crippen LogP contribution in [0.1, 0.15) is 28.7 Å². The first-order chi connectivity index (χ1) is 12.6. The number of sulfone groups is 1. The number of carbonyl (C=O) groups is 1. The second-order valence-corrected chi connectivity index (χ2v) is 8.30. The molecule has 2 heterocycles. The van der Waals surface area contributed by atoms with Crippen LogP contribution in [-0.2, 0) is 16.4 Å². The summed E-state index contributed by atoms with van der Waals surface area (Å²) in [5.74, 6) is -0.578. The summed E-state index contributed by atoms with van der Waals surface area (Å²) in [4.78, 5) is 12.7. The highest BCUT2D eigenvalue weighted by Crippen LogP contribution is 2.37. The number of aromatic hydroxyl groups is 1. The normalized spacial score (nSPS) is 11.7. The van der Waals surface area contributed by atoms with Crippen LogP contribution in [-0.4, -0.2) is 40.5 Å². The number of rotatable bonds is 5. The number of aromatic nitrogens is 3. The quantitative estimate of drug-likeness (QED) is 0.644. The van der Waals surface area contributed by atoms with Crippen molar-refractivity contribution >= 4 is 27.2 Å². The van der Waals surface area contributed by atoms with Gasteiger partial charge in [-0.2, -0.15) is 5.10 Å². The number of hydrogen-bond acceptors (Lipinski definition) is 7. The summed E-state index contributed by atoms with van der Waals surface area (Å²) < 4.78 is 30.8. The van der Waals surface area contributed by atoms with Crippen LogP contribution in [0.25, 0.3) is 11.3 Å². The lowest BCUT2D eigenvalue weighted by molar-refractivity contribution is 0.103. The molecule has 1 aromatic carbocycles. The number of hydrogen-bond donors (Lipinski definition) is 1. The fourth-order valence-electron chi connectivity index (χ4n) is 2.64. The number of carbonyl (C=O) groups excluding carboxylic acids is 1. The van der Waals surface area contributed by atoms with Crippen molar-refractivity contribution in [2.45, 2.75) is 25.3 Å². The smallest absolute Gasteiger partial charge is 0.214 e. The van der Waals surface area contributed by atoms with E-state index >= 15 is 0 Å². The van der Waals surface area contributed by atoms with E-state index < -0.39 is 15.6 Å². The summed E-state index contributed by atoms with van der Waals surface area (Å²) in [5, 5.41) is 17.5. The van der Waals surface area contributed by atoms with Gasteiger partial charge in [0.25, 0.3) is 0 Å². The fraction of sp³-hybridized carbons (Fsp3) is 0.235. The van der Waals surface area contributed by atoms with Crippen molar-refractivity contribution in [2.75, 3.05) is 6.26 Å². The Morgan fingerprint density at radius 3 is 2.56 bits per heavy atom. The number of halogens is 1. The van der Waals surface area contributed by atoms with E-state index in [1.54, 1.807) is 13.8 Å². The Morgan fingerprint density at radius 2 is 2.04 bits per heavy atom. The molecule has 0 fully saturated rings. The molecule has 0 unspecified atom stereocenters. The number of ketones is 1. The average molecular weight is 410 g/mol. The first-order valence-electron chi connectivity index (χ1n) is 7.91. The predicted molar refractivity (Wildman–Crippen MR) is 97.8 cm³/mol. The largest absolute Gasteiger partial charge is 0.493 e. The fourth-order valence-corrected chi connectivity index (χ4v) is 3.93. The summed E-state index contributed by atoms with van der Waals surface area (Å²) in [6.45, 7) is 3.82. The molecule has 10 heteroatoms. The lowest BCUT2D eigenvalue weighted by Gasteiger charge is -2.11. The van der Waals surface area contributed by atoms with Crippen LogP contribution in [0.15, 0.2) is 33.7 Å². The van der Waals surface area contributed by atoms with Gasteiger partial charge in [-0.25, -0.2) is 13.1 Å². The van der Waals surface area contributed by atoms with Gasteiger partial charge in [0.1, 0.15) is 5.69 Å². The molecule has 0 saturated heterocycles. The lowest BCUT2D eigenvalue weighted by atomic mass is 10.0. The Kier molecular flexibility index (Phi) is 4.83. The van der Waals surface area contributed by atoms with Gasteiger partial charge in [-0.05, 0) is 26.0 Å².